The predicted molar refractivity (Wildman–Crippen MR) is 172 cm³/mol. The fourth-order valence-electron chi connectivity index (χ4n) is 3.23. The molecule has 0 radical (unpaired) electrons. The van der Waals surface area contributed by atoms with E-state index in [1.807, 2.05) is 25.1 Å². The Kier molecular flexibility index (Phi) is 27.0. The monoisotopic (exact) mass is 683 g/mol. The van der Waals surface area contributed by atoms with Crippen molar-refractivity contribution in [3.05, 3.63) is 24.4 Å². The summed E-state index contributed by atoms with van der Waals surface area (Å²) in [6, 6.07) is 5.75. The molecule has 3 N–H and O–H groups in total. The van der Waals surface area contributed by atoms with E-state index in [0.29, 0.717) is 91.0 Å². The molecular formula is C28H50N3O10PS2. The van der Waals surface area contributed by atoms with Crippen molar-refractivity contribution in [2.75, 3.05) is 84.9 Å². The van der Waals surface area contributed by atoms with E-state index in [-0.39, 0.29) is 31.4 Å². The zero-order chi connectivity index (χ0) is 32.0. The highest BCUT2D eigenvalue weighted by Gasteiger charge is 2.19. The fraction of sp³-hybridized carbons (Fsp3) is 0.750. The van der Waals surface area contributed by atoms with E-state index in [2.05, 4.69) is 15.6 Å². The molecule has 0 saturated carbocycles. The average molecular weight is 684 g/mol. The number of ether oxygens (including phenoxy) is 4. The Morgan fingerprint density at radius 2 is 1.39 bits per heavy atom. The van der Waals surface area contributed by atoms with Crippen LogP contribution < -0.4 is 10.6 Å². The summed E-state index contributed by atoms with van der Waals surface area (Å²) in [5.74, 6) is 0.653. The molecule has 1 aromatic rings. The summed E-state index contributed by atoms with van der Waals surface area (Å²) in [4.78, 5) is 37.3. The zero-order valence-corrected chi connectivity index (χ0v) is 28.3. The number of rotatable bonds is 31. The third-order valence-electron chi connectivity index (χ3n) is 5.46. The van der Waals surface area contributed by atoms with Crippen LogP contribution in [0, 0.1) is 0 Å². The first kappa shape index (κ1) is 40.8. The first-order valence-electron chi connectivity index (χ1n) is 15.1. The van der Waals surface area contributed by atoms with Crippen LogP contribution in [0.5, 0.6) is 0 Å². The number of amides is 2. The van der Waals surface area contributed by atoms with E-state index >= 15 is 0 Å². The van der Waals surface area contributed by atoms with Crippen molar-refractivity contribution < 1.29 is 47.0 Å². The topological polar surface area (TPSA) is 164 Å². The van der Waals surface area contributed by atoms with Gasteiger partial charge in [-0.15, -0.1) is 0 Å². The van der Waals surface area contributed by atoms with Gasteiger partial charge in [-0.3, -0.25) is 18.6 Å². The smallest absolute Gasteiger partial charge is 0.379 e. The SMILES string of the molecule is CCCOP(=O)(O)OCCCCCCNC(=O)CCOCCOCCOCCOCCNC(=O)CCSSc1ccccn1. The second kappa shape index (κ2) is 29.2. The van der Waals surface area contributed by atoms with Crippen molar-refractivity contribution >= 4 is 41.2 Å². The number of nitrogens with one attached hydrogen (secondary N) is 2. The van der Waals surface area contributed by atoms with Crippen LogP contribution in [-0.4, -0.2) is 107 Å². The number of unbranched alkanes of at least 4 members (excludes halogenated alkanes) is 3. The van der Waals surface area contributed by atoms with Crippen molar-refractivity contribution in [1.82, 2.24) is 15.6 Å². The van der Waals surface area contributed by atoms with Gasteiger partial charge in [0.25, 0.3) is 0 Å². The second-order valence-corrected chi connectivity index (χ2v) is 13.2. The molecule has 1 unspecified atom stereocenters. The zero-order valence-electron chi connectivity index (χ0n) is 25.8. The Balaban J connectivity index is 1.75. The number of carbonyl (C=O) groups excluding carboxylic acids is 2. The normalized spacial score (nSPS) is 12.6. The molecule has 1 heterocycles. The van der Waals surface area contributed by atoms with Crippen LogP contribution in [0.4, 0.5) is 0 Å². The standard InChI is InChI=1S/C28H50N3O10PS2/c1-2-15-40-42(34,35)41-16-8-4-3-6-12-29-26(32)10-17-36-19-21-38-23-24-39-22-20-37-18-14-30-27(33)11-25-43-44-28-9-5-7-13-31-28/h5,7,9,13H,2-4,6,8,10-12,14-25H2,1H3,(H,29,32)(H,30,33)(H,34,35). The summed E-state index contributed by atoms with van der Waals surface area (Å²) in [5, 5.41) is 6.62. The Morgan fingerprint density at radius 3 is 2.07 bits per heavy atom. The van der Waals surface area contributed by atoms with Crippen LogP contribution in [0.2, 0.25) is 0 Å². The summed E-state index contributed by atoms with van der Waals surface area (Å²) in [7, 11) is -0.755. The van der Waals surface area contributed by atoms with Crippen LogP contribution >= 0.6 is 29.4 Å². The summed E-state index contributed by atoms with van der Waals surface area (Å²) < 4.78 is 42.9. The summed E-state index contributed by atoms with van der Waals surface area (Å²) in [6.45, 7) is 6.60. The number of phosphoric acid groups is 1. The van der Waals surface area contributed by atoms with E-state index in [9.17, 15) is 19.0 Å². The Hall–Kier alpha value is -1.26. The van der Waals surface area contributed by atoms with Crippen LogP contribution in [0.15, 0.2) is 29.4 Å². The van der Waals surface area contributed by atoms with E-state index in [1.54, 1.807) is 27.8 Å². The minimum Gasteiger partial charge on any atom is -0.379 e. The first-order valence-corrected chi connectivity index (χ1v) is 18.9. The fourth-order valence-corrected chi connectivity index (χ4v) is 5.95. The molecule has 0 aliphatic carbocycles. The van der Waals surface area contributed by atoms with Crippen molar-refractivity contribution in [3.8, 4) is 0 Å². The molecule has 0 bridgehead atoms. The number of aromatic nitrogens is 1. The highest BCUT2D eigenvalue weighted by atomic mass is 33.1. The van der Waals surface area contributed by atoms with Crippen LogP contribution in [-0.2, 0) is 42.1 Å². The Bertz CT molecular complexity index is 892. The van der Waals surface area contributed by atoms with Gasteiger partial charge in [-0.2, -0.15) is 0 Å². The van der Waals surface area contributed by atoms with E-state index in [0.717, 1.165) is 24.3 Å². The number of carbonyl (C=O) groups is 2. The third-order valence-corrected chi connectivity index (χ3v) is 8.74. The lowest BCUT2D eigenvalue weighted by molar-refractivity contribution is -0.122. The molecule has 16 heteroatoms. The van der Waals surface area contributed by atoms with Gasteiger partial charge in [0.05, 0.1) is 66.1 Å². The van der Waals surface area contributed by atoms with Gasteiger partial charge in [-0.05, 0) is 42.2 Å². The molecule has 13 nitrogen and oxygen atoms in total. The lowest BCUT2D eigenvalue weighted by Gasteiger charge is -2.11. The number of phosphoric ester groups is 1. The molecule has 0 spiro atoms. The number of pyridine rings is 1. The summed E-state index contributed by atoms with van der Waals surface area (Å²) >= 11 is 0. The molecule has 0 aliphatic heterocycles. The number of nitrogens with zero attached hydrogens (tertiary/aromatic N) is 1. The van der Waals surface area contributed by atoms with E-state index < -0.39 is 7.82 Å². The van der Waals surface area contributed by atoms with Crippen molar-refractivity contribution in [3.63, 3.8) is 0 Å². The quantitative estimate of drug-likeness (QED) is 0.0585. The maximum atomic E-state index is 11.8. The predicted octanol–water partition coefficient (Wildman–Crippen LogP) is 4.00. The van der Waals surface area contributed by atoms with Crippen molar-refractivity contribution in [2.24, 2.45) is 0 Å². The molecule has 1 rings (SSSR count). The van der Waals surface area contributed by atoms with Crippen molar-refractivity contribution in [1.29, 1.82) is 0 Å². The molecule has 0 aliphatic rings. The average Bonchev–Trinajstić information content (AvgIpc) is 3.02. The van der Waals surface area contributed by atoms with Crippen LogP contribution in [0.1, 0.15) is 51.9 Å². The maximum Gasteiger partial charge on any atom is 0.472 e. The number of hydrogen-bond donors (Lipinski definition) is 3. The lowest BCUT2D eigenvalue weighted by atomic mass is 10.2. The molecule has 0 saturated heterocycles. The highest BCUT2D eigenvalue weighted by Crippen LogP contribution is 2.43. The number of hydrogen-bond acceptors (Lipinski definition) is 12. The van der Waals surface area contributed by atoms with Gasteiger partial charge in [0.2, 0.25) is 11.8 Å². The second-order valence-electron chi connectivity index (χ2n) is 9.27. The van der Waals surface area contributed by atoms with Gasteiger partial charge in [0, 0.05) is 37.9 Å². The molecule has 1 atom stereocenters. The molecule has 44 heavy (non-hydrogen) atoms. The summed E-state index contributed by atoms with van der Waals surface area (Å²) in [6.07, 6.45) is 6.33. The Morgan fingerprint density at radius 1 is 0.773 bits per heavy atom. The molecule has 254 valence electrons. The Labute approximate surface area is 269 Å². The maximum absolute atomic E-state index is 11.8. The van der Waals surface area contributed by atoms with Gasteiger partial charge < -0.3 is 34.5 Å². The molecule has 2 amide bonds. The molecule has 0 aromatic carbocycles. The molecule has 1 aromatic heterocycles. The molecular weight excluding hydrogens is 633 g/mol. The van der Waals surface area contributed by atoms with E-state index in [1.165, 1.54) is 0 Å². The first-order chi connectivity index (χ1) is 21.4. The third kappa shape index (κ3) is 27.1. The van der Waals surface area contributed by atoms with Crippen LogP contribution in [0.3, 0.4) is 0 Å². The van der Waals surface area contributed by atoms with Crippen LogP contribution in [0.25, 0.3) is 0 Å². The molecule has 0 fully saturated rings. The summed E-state index contributed by atoms with van der Waals surface area (Å²) in [5.41, 5.74) is 0. The lowest BCUT2D eigenvalue weighted by Crippen LogP contribution is -2.27. The minimum absolute atomic E-state index is 0.00308. The van der Waals surface area contributed by atoms with Gasteiger partial charge >= 0.3 is 7.82 Å². The van der Waals surface area contributed by atoms with Gasteiger partial charge in [-0.25, -0.2) is 9.55 Å². The van der Waals surface area contributed by atoms with E-state index in [4.69, 9.17) is 28.0 Å². The van der Waals surface area contributed by atoms with Gasteiger partial charge in [0.1, 0.15) is 5.03 Å². The van der Waals surface area contributed by atoms with Crippen molar-refractivity contribution in [2.45, 2.75) is 56.9 Å². The van der Waals surface area contributed by atoms with Gasteiger partial charge in [-0.1, -0.05) is 36.6 Å². The highest BCUT2D eigenvalue weighted by molar-refractivity contribution is 8.76. The minimum atomic E-state index is -3.92. The van der Waals surface area contributed by atoms with Gasteiger partial charge in [0.15, 0.2) is 0 Å². The largest absolute Gasteiger partial charge is 0.472 e.